The molecule has 0 spiro atoms. The molecule has 168 valence electrons. The largest absolute Gasteiger partial charge is 0.293 e. The highest BCUT2D eigenvalue weighted by atomic mass is 32.1. The van der Waals surface area contributed by atoms with Crippen LogP contribution in [0.2, 0.25) is 0 Å². The Kier molecular flexibility index (Phi) is 4.79. The molecule has 0 radical (unpaired) electrons. The van der Waals surface area contributed by atoms with Gasteiger partial charge in [-0.2, -0.15) is 5.26 Å². The van der Waals surface area contributed by atoms with Crippen LogP contribution in [-0.4, -0.2) is 40.4 Å². The summed E-state index contributed by atoms with van der Waals surface area (Å²) in [7, 11) is 0. The molecule has 4 nitrogen and oxygen atoms in total. The average Bonchev–Trinajstić information content (AvgIpc) is 3.32. The first-order valence-corrected chi connectivity index (χ1v) is 13.0. The highest BCUT2D eigenvalue weighted by Gasteiger charge is 2.56. The van der Waals surface area contributed by atoms with Crippen molar-refractivity contribution >= 4 is 28.7 Å². The third-order valence-corrected chi connectivity index (χ3v) is 9.74. The zero-order valence-electron chi connectivity index (χ0n) is 19.4. The van der Waals surface area contributed by atoms with Crippen LogP contribution in [0.25, 0.3) is 0 Å². The van der Waals surface area contributed by atoms with E-state index < -0.39 is 0 Å². The van der Waals surface area contributed by atoms with Gasteiger partial charge < -0.3 is 0 Å². The number of rotatable bonds is 3. The van der Waals surface area contributed by atoms with Crippen LogP contribution < -0.4 is 4.90 Å². The van der Waals surface area contributed by atoms with Crippen LogP contribution in [0, 0.1) is 34.5 Å². The maximum Gasteiger partial charge on any atom is 0.127 e. The van der Waals surface area contributed by atoms with Crippen molar-refractivity contribution in [2.45, 2.75) is 76.8 Å². The summed E-state index contributed by atoms with van der Waals surface area (Å²) in [5.41, 5.74) is 1.72. The van der Waals surface area contributed by atoms with Crippen LogP contribution in [-0.2, 0) is 0 Å². The van der Waals surface area contributed by atoms with Crippen LogP contribution >= 0.6 is 12.2 Å². The third-order valence-electron chi connectivity index (χ3n) is 9.03. The van der Waals surface area contributed by atoms with E-state index in [1.807, 2.05) is 12.1 Å². The summed E-state index contributed by atoms with van der Waals surface area (Å²) in [6.07, 6.45) is 10.6. The van der Waals surface area contributed by atoms with Crippen molar-refractivity contribution in [3.8, 4) is 6.07 Å². The summed E-state index contributed by atoms with van der Waals surface area (Å²) in [4.78, 5) is 11.7. The van der Waals surface area contributed by atoms with Crippen LogP contribution in [0.4, 0.5) is 5.69 Å². The minimum absolute atomic E-state index is 0.114. The summed E-state index contributed by atoms with van der Waals surface area (Å²) in [5.74, 6) is 3.82. The monoisotopic (exact) mass is 446 g/mol. The van der Waals surface area contributed by atoms with Crippen molar-refractivity contribution in [3.63, 3.8) is 0 Å². The third kappa shape index (κ3) is 3.17. The zero-order chi connectivity index (χ0) is 22.1. The summed E-state index contributed by atoms with van der Waals surface area (Å²) in [5, 5.41) is 9.29. The van der Waals surface area contributed by atoms with Gasteiger partial charge in [0.2, 0.25) is 0 Å². The fraction of sp³-hybridized carbons (Fsp3) is 0.667. The molecule has 6 fully saturated rings. The minimum atomic E-state index is -0.144. The second kappa shape index (κ2) is 7.37. The maximum atomic E-state index is 9.29. The molecule has 5 heteroatoms. The molecule has 0 unspecified atom stereocenters. The molecule has 0 aromatic heterocycles. The lowest BCUT2D eigenvalue weighted by molar-refractivity contribution is 0.00124. The predicted octanol–water partition coefficient (Wildman–Crippen LogP) is 5.56. The lowest BCUT2D eigenvalue weighted by atomic mass is 9.53. The fourth-order valence-electron chi connectivity index (χ4n) is 8.06. The molecule has 32 heavy (non-hydrogen) atoms. The van der Waals surface area contributed by atoms with Gasteiger partial charge in [-0.15, -0.1) is 0 Å². The summed E-state index contributed by atoms with van der Waals surface area (Å²) < 4.78 is 0. The number of likely N-dealkylation sites (tertiary alicyclic amines) is 1. The van der Waals surface area contributed by atoms with Crippen LogP contribution in [0.1, 0.15) is 70.8 Å². The van der Waals surface area contributed by atoms with Gasteiger partial charge in [-0.1, -0.05) is 26.1 Å². The van der Waals surface area contributed by atoms with Gasteiger partial charge in [0.1, 0.15) is 5.84 Å². The minimum Gasteiger partial charge on any atom is -0.293 e. The van der Waals surface area contributed by atoms with Gasteiger partial charge in [-0.25, -0.2) is 0 Å². The quantitative estimate of drug-likeness (QED) is 0.570. The van der Waals surface area contributed by atoms with Crippen molar-refractivity contribution in [2.75, 3.05) is 18.0 Å². The number of thiocarbonyl (C=S) groups is 1. The fourth-order valence-corrected chi connectivity index (χ4v) is 8.37. The Hall–Kier alpha value is -1.77. The molecule has 2 saturated heterocycles. The van der Waals surface area contributed by atoms with Gasteiger partial charge in [-0.05, 0) is 106 Å². The molecule has 1 aromatic rings. The van der Waals surface area contributed by atoms with Crippen LogP contribution in [0.15, 0.2) is 29.3 Å². The smallest absolute Gasteiger partial charge is 0.127 e. The molecule has 4 bridgehead atoms. The van der Waals surface area contributed by atoms with E-state index in [1.165, 1.54) is 57.2 Å². The Bertz CT molecular complexity index is 960. The van der Waals surface area contributed by atoms with Gasteiger partial charge in [0.05, 0.1) is 28.2 Å². The van der Waals surface area contributed by atoms with Crippen molar-refractivity contribution < 1.29 is 0 Å². The second-order valence-electron chi connectivity index (χ2n) is 11.8. The van der Waals surface area contributed by atoms with Gasteiger partial charge in [0.15, 0.2) is 0 Å². The molecule has 1 aromatic carbocycles. The SMILES string of the molecule is CC1(C)C(=S)N(c2ccc(C#N)cc2)C(=NC23CC4CC(CC(C4)C2)C3)[C@@H]1N1CCCC1. The highest BCUT2D eigenvalue weighted by Crippen LogP contribution is 2.58. The molecule has 4 saturated carbocycles. The van der Waals surface area contributed by atoms with Crippen molar-refractivity contribution in [3.05, 3.63) is 29.8 Å². The van der Waals surface area contributed by atoms with E-state index in [2.05, 4.69) is 41.8 Å². The van der Waals surface area contributed by atoms with Gasteiger partial charge in [-0.3, -0.25) is 14.8 Å². The normalized spacial score (nSPS) is 39.2. The Balaban J connectivity index is 1.47. The molecular weight excluding hydrogens is 412 g/mol. The second-order valence-corrected chi connectivity index (χ2v) is 12.2. The molecule has 6 aliphatic rings. The first-order valence-electron chi connectivity index (χ1n) is 12.6. The topological polar surface area (TPSA) is 42.6 Å². The lowest BCUT2D eigenvalue weighted by Crippen LogP contribution is -2.52. The molecule has 0 amide bonds. The molecule has 1 atom stereocenters. The van der Waals surface area contributed by atoms with Crippen molar-refractivity contribution in [2.24, 2.45) is 28.2 Å². The Labute approximate surface area is 197 Å². The average molecular weight is 447 g/mol. The maximum absolute atomic E-state index is 9.29. The van der Waals surface area contributed by atoms with Gasteiger partial charge in [0, 0.05) is 11.1 Å². The number of aliphatic imine (C=N–C) groups is 1. The van der Waals surface area contributed by atoms with E-state index in [1.54, 1.807) is 0 Å². The van der Waals surface area contributed by atoms with E-state index in [0.29, 0.717) is 5.56 Å². The molecule has 2 heterocycles. The summed E-state index contributed by atoms with van der Waals surface area (Å²) in [6, 6.07) is 10.4. The summed E-state index contributed by atoms with van der Waals surface area (Å²) in [6.45, 7) is 6.91. The van der Waals surface area contributed by atoms with Crippen LogP contribution in [0.5, 0.6) is 0 Å². The number of hydrogen-bond donors (Lipinski definition) is 0. The van der Waals surface area contributed by atoms with Crippen molar-refractivity contribution in [1.29, 1.82) is 5.26 Å². The molecule has 2 aliphatic heterocycles. The number of amidine groups is 1. The number of anilines is 1. The Morgan fingerprint density at radius 2 is 1.53 bits per heavy atom. The lowest BCUT2D eigenvalue weighted by Gasteiger charge is -2.55. The van der Waals surface area contributed by atoms with E-state index in [4.69, 9.17) is 17.2 Å². The summed E-state index contributed by atoms with van der Waals surface area (Å²) >= 11 is 6.17. The zero-order valence-corrected chi connectivity index (χ0v) is 20.2. The molecule has 7 rings (SSSR count). The molecular formula is C27H34N4S. The van der Waals surface area contributed by atoms with E-state index in [0.717, 1.165) is 41.5 Å². The van der Waals surface area contributed by atoms with E-state index in [-0.39, 0.29) is 17.0 Å². The van der Waals surface area contributed by atoms with E-state index in [9.17, 15) is 5.26 Å². The Morgan fingerprint density at radius 3 is 2.06 bits per heavy atom. The van der Waals surface area contributed by atoms with Crippen LogP contribution in [0.3, 0.4) is 0 Å². The van der Waals surface area contributed by atoms with E-state index >= 15 is 0 Å². The Morgan fingerprint density at radius 1 is 0.969 bits per heavy atom. The number of hydrogen-bond acceptors (Lipinski definition) is 4. The number of benzene rings is 1. The molecule has 0 N–H and O–H groups in total. The number of nitrogens with zero attached hydrogens (tertiary/aromatic N) is 4. The highest BCUT2D eigenvalue weighted by molar-refractivity contribution is 7.80. The van der Waals surface area contributed by atoms with Gasteiger partial charge in [0.25, 0.3) is 0 Å². The first kappa shape index (κ1) is 20.8. The molecule has 4 aliphatic carbocycles. The number of nitriles is 1. The van der Waals surface area contributed by atoms with Gasteiger partial charge >= 0.3 is 0 Å². The standard InChI is InChI=1S/C27H34N4S/c1-26(2)23(30-9-3-4-10-30)24(31(25(26)32)22-7-5-18(17-28)6-8-22)29-27-14-19-11-20(15-27)13-21(12-19)16-27/h5-8,19-21,23H,3-4,9-16H2,1-2H3/t19?,20?,21?,23-,27?/m0/s1. The predicted molar refractivity (Wildman–Crippen MR) is 133 cm³/mol. The van der Waals surface area contributed by atoms with Crippen molar-refractivity contribution in [1.82, 2.24) is 4.90 Å². The first-order chi connectivity index (χ1) is 15.4.